The number of aryl methyl sites for hydroxylation is 1. The van der Waals surface area contributed by atoms with Crippen molar-refractivity contribution in [2.24, 2.45) is 5.73 Å². The van der Waals surface area contributed by atoms with Crippen LogP contribution in [0.5, 0.6) is 5.88 Å². The molecule has 1 atom stereocenters. The van der Waals surface area contributed by atoms with Crippen molar-refractivity contribution in [3.63, 3.8) is 0 Å². The summed E-state index contributed by atoms with van der Waals surface area (Å²) in [6.07, 6.45) is 1.70. The van der Waals surface area contributed by atoms with Crippen molar-refractivity contribution >= 4 is 40.7 Å². The van der Waals surface area contributed by atoms with Crippen LogP contribution in [0.3, 0.4) is 0 Å². The van der Waals surface area contributed by atoms with Gasteiger partial charge in [-0.2, -0.15) is 4.98 Å². The van der Waals surface area contributed by atoms with Crippen LogP contribution >= 0.6 is 34.8 Å². The number of imidazole rings is 1. The van der Waals surface area contributed by atoms with Gasteiger partial charge < -0.3 is 15.5 Å². The molecule has 148 valence electrons. The molecular weight excluding hydrogens is 435 g/mol. The molecule has 0 saturated heterocycles. The summed E-state index contributed by atoms with van der Waals surface area (Å²) in [5.41, 5.74) is 9.07. The number of aromatic amines is 1. The van der Waals surface area contributed by atoms with Gasteiger partial charge in [-0.15, -0.1) is 0 Å². The summed E-state index contributed by atoms with van der Waals surface area (Å²) in [5, 5.41) is 1.14. The van der Waals surface area contributed by atoms with Crippen LogP contribution in [-0.2, 0) is 6.42 Å². The van der Waals surface area contributed by atoms with E-state index >= 15 is 0 Å². The average molecular weight is 450 g/mol. The highest BCUT2D eigenvalue weighted by Gasteiger charge is 2.45. The molecule has 0 radical (unpaired) electrons. The summed E-state index contributed by atoms with van der Waals surface area (Å²) in [5.74, 6) is 0.606. The lowest BCUT2D eigenvalue weighted by molar-refractivity contribution is 0.0961. The van der Waals surface area contributed by atoms with Crippen LogP contribution in [0.1, 0.15) is 41.3 Å². The van der Waals surface area contributed by atoms with Crippen molar-refractivity contribution in [1.29, 1.82) is 0 Å². The van der Waals surface area contributed by atoms with Gasteiger partial charge in [0, 0.05) is 22.7 Å². The van der Waals surface area contributed by atoms with Crippen LogP contribution in [0.15, 0.2) is 35.7 Å². The monoisotopic (exact) mass is 448 g/mol. The Morgan fingerprint density at radius 2 is 1.97 bits per heavy atom. The molecule has 3 N–H and O–H groups in total. The van der Waals surface area contributed by atoms with Crippen LogP contribution < -0.4 is 10.5 Å². The molecule has 2 aliphatic heterocycles. The first-order valence-corrected chi connectivity index (χ1v) is 10.2. The molecule has 0 bridgehead atoms. The predicted molar refractivity (Wildman–Crippen MR) is 112 cm³/mol. The van der Waals surface area contributed by atoms with Gasteiger partial charge in [0.15, 0.2) is 0 Å². The third-order valence-electron chi connectivity index (χ3n) is 5.19. The number of benzene rings is 1. The zero-order valence-corrected chi connectivity index (χ0v) is 17.5. The largest absolute Gasteiger partial charge is 0.421 e. The second kappa shape index (κ2) is 6.55. The van der Waals surface area contributed by atoms with E-state index in [1.54, 1.807) is 16.7 Å². The number of aromatic nitrogens is 3. The summed E-state index contributed by atoms with van der Waals surface area (Å²) < 4.78 is 7.24. The zero-order chi connectivity index (χ0) is 20.4. The van der Waals surface area contributed by atoms with Gasteiger partial charge in [0.2, 0.25) is 11.8 Å². The molecule has 4 heterocycles. The SMILES string of the molecule is CCCc1nc2c([nH]1)C1C(=C(N)O2)C(=O)n2c(-c3c(Cl)cc(Cl)cc3Cl)ccc21. The van der Waals surface area contributed by atoms with Gasteiger partial charge in [-0.05, 0) is 30.7 Å². The van der Waals surface area contributed by atoms with Gasteiger partial charge in [0.25, 0.3) is 5.91 Å². The molecular formula is C20H15Cl3N4O2. The predicted octanol–water partition coefficient (Wildman–Crippen LogP) is 5.14. The topological polar surface area (TPSA) is 85.9 Å². The lowest BCUT2D eigenvalue weighted by Gasteiger charge is -2.18. The number of nitrogens with one attached hydrogen (secondary N) is 1. The highest BCUT2D eigenvalue weighted by Crippen LogP contribution is 2.49. The quantitative estimate of drug-likeness (QED) is 0.580. The molecule has 3 aromatic rings. The number of ether oxygens (including phenoxy) is 1. The molecule has 2 aliphatic rings. The highest BCUT2D eigenvalue weighted by molar-refractivity contribution is 6.41. The van der Waals surface area contributed by atoms with Crippen molar-refractivity contribution < 1.29 is 9.53 Å². The van der Waals surface area contributed by atoms with Gasteiger partial charge >= 0.3 is 0 Å². The van der Waals surface area contributed by atoms with Gasteiger partial charge in [0.1, 0.15) is 5.82 Å². The van der Waals surface area contributed by atoms with Crippen molar-refractivity contribution in [2.75, 3.05) is 0 Å². The molecule has 0 amide bonds. The van der Waals surface area contributed by atoms with Gasteiger partial charge in [0.05, 0.1) is 32.9 Å². The summed E-state index contributed by atoms with van der Waals surface area (Å²) in [7, 11) is 0. The number of fused-ring (bicyclic) bond motifs is 5. The van der Waals surface area contributed by atoms with E-state index in [-0.39, 0.29) is 17.7 Å². The lowest BCUT2D eigenvalue weighted by Crippen LogP contribution is -2.22. The minimum Gasteiger partial charge on any atom is -0.421 e. The maximum absolute atomic E-state index is 13.3. The third kappa shape index (κ3) is 2.63. The smallest absolute Gasteiger partial charge is 0.265 e. The van der Waals surface area contributed by atoms with Crippen LogP contribution in [0.2, 0.25) is 15.1 Å². The number of hydrogen-bond acceptors (Lipinski definition) is 4. The van der Waals surface area contributed by atoms with Crippen LogP contribution in [0.4, 0.5) is 0 Å². The number of halogens is 3. The van der Waals surface area contributed by atoms with Crippen LogP contribution in [0.25, 0.3) is 11.3 Å². The average Bonchev–Trinajstić information content (AvgIpc) is 3.30. The van der Waals surface area contributed by atoms with Gasteiger partial charge in [-0.3, -0.25) is 9.36 Å². The first-order chi connectivity index (χ1) is 13.9. The summed E-state index contributed by atoms with van der Waals surface area (Å²) >= 11 is 18.8. The number of H-pyrrole nitrogens is 1. The molecule has 1 aromatic carbocycles. The van der Waals surface area contributed by atoms with E-state index in [0.29, 0.717) is 37.8 Å². The van der Waals surface area contributed by atoms with E-state index in [9.17, 15) is 4.79 Å². The van der Waals surface area contributed by atoms with Gasteiger partial charge in [-0.25, -0.2) is 0 Å². The number of allylic oxidation sites excluding steroid dienone is 1. The first-order valence-electron chi connectivity index (χ1n) is 9.08. The van der Waals surface area contributed by atoms with E-state index in [2.05, 4.69) is 16.9 Å². The third-order valence-corrected chi connectivity index (χ3v) is 6.00. The molecule has 5 rings (SSSR count). The molecule has 2 aromatic heterocycles. The molecule has 29 heavy (non-hydrogen) atoms. The minimum atomic E-state index is -0.386. The normalized spacial score (nSPS) is 17.2. The fourth-order valence-corrected chi connectivity index (χ4v) is 5.04. The first kappa shape index (κ1) is 18.6. The Hall–Kier alpha value is -2.41. The molecule has 6 nitrogen and oxygen atoms in total. The fourth-order valence-electron chi connectivity index (χ4n) is 4.03. The molecule has 0 spiro atoms. The second-order valence-electron chi connectivity index (χ2n) is 6.99. The number of carbonyl (C=O) groups is 1. The van der Waals surface area contributed by atoms with Gasteiger partial charge in [-0.1, -0.05) is 41.7 Å². The number of rotatable bonds is 3. The Kier molecular flexibility index (Phi) is 4.21. The lowest BCUT2D eigenvalue weighted by atomic mass is 9.94. The molecule has 0 aliphatic carbocycles. The van der Waals surface area contributed by atoms with E-state index in [0.717, 1.165) is 30.1 Å². The molecule has 1 unspecified atom stereocenters. The number of nitrogens with zero attached hydrogens (tertiary/aromatic N) is 2. The van der Waals surface area contributed by atoms with Crippen molar-refractivity contribution in [1.82, 2.24) is 14.5 Å². The number of carbonyl (C=O) groups excluding carboxylic acids is 1. The highest BCUT2D eigenvalue weighted by atomic mass is 35.5. The van der Waals surface area contributed by atoms with E-state index < -0.39 is 0 Å². The Morgan fingerprint density at radius 3 is 2.66 bits per heavy atom. The summed E-state index contributed by atoms with van der Waals surface area (Å²) in [4.78, 5) is 21.1. The van der Waals surface area contributed by atoms with E-state index in [1.165, 1.54) is 0 Å². The van der Waals surface area contributed by atoms with E-state index in [4.69, 9.17) is 45.3 Å². The Bertz CT molecular complexity index is 1200. The Labute approximate surface area is 181 Å². The number of nitrogens with two attached hydrogens (primary N) is 1. The van der Waals surface area contributed by atoms with Crippen molar-refractivity contribution in [3.8, 4) is 17.1 Å². The summed E-state index contributed by atoms with van der Waals surface area (Å²) in [6, 6.07) is 6.88. The Morgan fingerprint density at radius 1 is 1.24 bits per heavy atom. The second-order valence-corrected chi connectivity index (χ2v) is 8.24. The maximum atomic E-state index is 13.3. The Balaban J connectivity index is 1.71. The van der Waals surface area contributed by atoms with Crippen molar-refractivity contribution in [2.45, 2.75) is 25.7 Å². The standard InChI is InChI=1S/C20H15Cl3N4O2/c1-2-3-13-25-17-15-12-5-4-11(14-9(22)6-8(21)7-10(14)23)27(12)20(28)16(15)18(24)29-19(17)26-13/h4-7,15H,2-3,24H2,1H3,(H,25,26). The van der Waals surface area contributed by atoms with Crippen molar-refractivity contribution in [3.05, 3.63) is 68.0 Å². The maximum Gasteiger partial charge on any atom is 0.265 e. The number of hydrogen-bond donors (Lipinski definition) is 2. The molecule has 0 saturated carbocycles. The van der Waals surface area contributed by atoms with Crippen LogP contribution in [-0.4, -0.2) is 20.4 Å². The minimum absolute atomic E-state index is 0.0602. The molecule has 0 fully saturated rings. The van der Waals surface area contributed by atoms with E-state index in [1.807, 2.05) is 12.1 Å². The zero-order valence-electron chi connectivity index (χ0n) is 15.2. The van der Waals surface area contributed by atoms with Crippen LogP contribution in [0, 0.1) is 0 Å². The molecule has 9 heteroatoms. The summed E-state index contributed by atoms with van der Waals surface area (Å²) in [6.45, 7) is 2.07. The fraction of sp³-hybridized carbons (Fsp3) is 0.200.